The molecule has 0 bridgehead atoms. The van der Waals surface area contributed by atoms with E-state index >= 15 is 0 Å². The fraction of sp³-hybridized carbons (Fsp3) is 0.0833. The zero-order valence-electron chi connectivity index (χ0n) is 9.16. The first-order chi connectivity index (χ1) is 8.56. The summed E-state index contributed by atoms with van der Waals surface area (Å²) in [6.07, 6.45) is 0. The third-order valence-corrected chi connectivity index (χ3v) is 4.27. The number of rotatable bonds is 3. The van der Waals surface area contributed by atoms with Crippen LogP contribution in [0.2, 0.25) is 15.2 Å². The minimum absolute atomic E-state index is 0.425. The van der Waals surface area contributed by atoms with Gasteiger partial charge in [0.05, 0.1) is 15.7 Å². The highest BCUT2D eigenvalue weighted by atomic mass is 35.5. The Morgan fingerprint density at radius 2 is 1.78 bits per heavy atom. The molecule has 0 unspecified atom stereocenters. The fourth-order valence-electron chi connectivity index (χ4n) is 1.34. The van der Waals surface area contributed by atoms with Crippen LogP contribution in [0.25, 0.3) is 0 Å². The van der Waals surface area contributed by atoms with E-state index in [4.69, 9.17) is 40.5 Å². The average molecular weight is 320 g/mol. The molecule has 0 aliphatic heterocycles. The van der Waals surface area contributed by atoms with Gasteiger partial charge in [-0.05, 0) is 30.3 Å². The SMILES string of the molecule is Nc1ccc(Cl)c(SCc2nc(Cl)ccc2Cl)c1. The summed E-state index contributed by atoms with van der Waals surface area (Å²) in [4.78, 5) is 5.08. The van der Waals surface area contributed by atoms with Gasteiger partial charge in [0.1, 0.15) is 5.15 Å². The number of pyridine rings is 1. The molecule has 1 aromatic heterocycles. The zero-order chi connectivity index (χ0) is 13.1. The van der Waals surface area contributed by atoms with Gasteiger partial charge < -0.3 is 5.73 Å². The van der Waals surface area contributed by atoms with Crippen molar-refractivity contribution >= 4 is 52.3 Å². The molecule has 0 amide bonds. The molecule has 0 atom stereocenters. The van der Waals surface area contributed by atoms with Crippen LogP contribution in [0, 0.1) is 0 Å². The van der Waals surface area contributed by atoms with Crippen molar-refractivity contribution in [3.8, 4) is 0 Å². The first-order valence-corrected chi connectivity index (χ1v) is 7.17. The third-order valence-electron chi connectivity index (χ3n) is 2.20. The number of anilines is 1. The molecular weight excluding hydrogens is 311 g/mol. The zero-order valence-corrected chi connectivity index (χ0v) is 12.2. The van der Waals surface area contributed by atoms with Gasteiger partial charge in [-0.3, -0.25) is 0 Å². The number of benzene rings is 1. The van der Waals surface area contributed by atoms with Crippen molar-refractivity contribution < 1.29 is 0 Å². The monoisotopic (exact) mass is 318 g/mol. The van der Waals surface area contributed by atoms with Gasteiger partial charge in [0.2, 0.25) is 0 Å². The van der Waals surface area contributed by atoms with Crippen LogP contribution in [0.3, 0.4) is 0 Å². The number of halogens is 3. The van der Waals surface area contributed by atoms with E-state index in [2.05, 4.69) is 4.98 Å². The van der Waals surface area contributed by atoms with Crippen molar-refractivity contribution in [2.45, 2.75) is 10.6 Å². The molecule has 6 heteroatoms. The van der Waals surface area contributed by atoms with Crippen molar-refractivity contribution in [2.24, 2.45) is 0 Å². The number of hydrogen-bond acceptors (Lipinski definition) is 3. The Bertz CT molecular complexity index is 524. The molecule has 2 rings (SSSR count). The van der Waals surface area contributed by atoms with Crippen molar-refractivity contribution in [3.05, 3.63) is 51.2 Å². The maximum Gasteiger partial charge on any atom is 0.129 e. The second-order valence-electron chi connectivity index (χ2n) is 3.54. The molecule has 94 valence electrons. The molecular formula is C12H9Cl3N2S. The largest absolute Gasteiger partial charge is 0.399 e. The summed E-state index contributed by atoms with van der Waals surface area (Å²) in [6, 6.07) is 8.74. The first-order valence-electron chi connectivity index (χ1n) is 5.05. The number of nitrogen functional groups attached to an aromatic ring is 1. The standard InChI is InChI=1S/C12H9Cl3N2S/c13-8-3-4-12(15)17-10(8)6-18-11-5-7(16)1-2-9(11)14/h1-5H,6,16H2. The second-order valence-corrected chi connectivity index (χ2v) is 5.76. The van der Waals surface area contributed by atoms with Crippen LogP contribution in [-0.4, -0.2) is 4.98 Å². The van der Waals surface area contributed by atoms with Crippen LogP contribution < -0.4 is 5.73 Å². The lowest BCUT2D eigenvalue weighted by molar-refractivity contribution is 1.17. The smallest absolute Gasteiger partial charge is 0.129 e. The van der Waals surface area contributed by atoms with E-state index in [0.717, 1.165) is 10.6 Å². The van der Waals surface area contributed by atoms with E-state index in [1.165, 1.54) is 11.8 Å². The Kier molecular flexibility index (Phi) is 4.62. The van der Waals surface area contributed by atoms with Gasteiger partial charge in [-0.2, -0.15) is 0 Å². The lowest BCUT2D eigenvalue weighted by Crippen LogP contribution is -1.90. The van der Waals surface area contributed by atoms with E-state index in [0.29, 0.717) is 26.6 Å². The van der Waals surface area contributed by atoms with Gasteiger partial charge in [0, 0.05) is 16.3 Å². The van der Waals surface area contributed by atoms with Crippen molar-refractivity contribution in [3.63, 3.8) is 0 Å². The molecule has 2 aromatic rings. The third kappa shape index (κ3) is 3.45. The summed E-state index contributed by atoms with van der Waals surface area (Å²) in [5, 5.41) is 1.67. The van der Waals surface area contributed by atoms with E-state index in [-0.39, 0.29) is 0 Å². The molecule has 0 aliphatic rings. The van der Waals surface area contributed by atoms with E-state index in [1.807, 2.05) is 6.07 Å². The normalized spacial score (nSPS) is 10.6. The highest BCUT2D eigenvalue weighted by Crippen LogP contribution is 2.32. The quantitative estimate of drug-likeness (QED) is 0.496. The molecule has 0 aliphatic carbocycles. The topological polar surface area (TPSA) is 38.9 Å². The lowest BCUT2D eigenvalue weighted by atomic mass is 10.3. The first kappa shape index (κ1) is 13.8. The number of hydrogen-bond donors (Lipinski definition) is 1. The van der Waals surface area contributed by atoms with Crippen LogP contribution in [0.15, 0.2) is 35.2 Å². The van der Waals surface area contributed by atoms with E-state index < -0.39 is 0 Å². The van der Waals surface area contributed by atoms with Gasteiger partial charge >= 0.3 is 0 Å². The second kappa shape index (κ2) is 6.02. The van der Waals surface area contributed by atoms with Crippen molar-refractivity contribution in [1.82, 2.24) is 4.98 Å². The van der Waals surface area contributed by atoms with Gasteiger partial charge in [0.15, 0.2) is 0 Å². The molecule has 1 aromatic carbocycles. The lowest BCUT2D eigenvalue weighted by Gasteiger charge is -2.06. The van der Waals surface area contributed by atoms with E-state index in [9.17, 15) is 0 Å². The Balaban J connectivity index is 2.16. The molecule has 1 heterocycles. The Morgan fingerprint density at radius 3 is 2.56 bits per heavy atom. The minimum atomic E-state index is 0.425. The summed E-state index contributed by atoms with van der Waals surface area (Å²) < 4.78 is 0. The predicted octanol–water partition coefficient (Wildman–Crippen LogP) is 4.92. The molecule has 0 radical (unpaired) electrons. The molecule has 2 nitrogen and oxygen atoms in total. The molecule has 0 spiro atoms. The number of thioether (sulfide) groups is 1. The predicted molar refractivity (Wildman–Crippen MR) is 79.7 cm³/mol. The summed E-state index contributed by atoms with van der Waals surface area (Å²) in [5.41, 5.74) is 7.12. The fourth-order valence-corrected chi connectivity index (χ4v) is 2.97. The van der Waals surface area contributed by atoms with E-state index in [1.54, 1.807) is 24.3 Å². The highest BCUT2D eigenvalue weighted by Gasteiger charge is 2.07. The average Bonchev–Trinajstić information content (AvgIpc) is 2.34. The molecule has 18 heavy (non-hydrogen) atoms. The number of aromatic nitrogens is 1. The summed E-state index contributed by atoms with van der Waals surface area (Å²) >= 11 is 19.5. The number of nitrogens with zero attached hydrogens (tertiary/aromatic N) is 1. The Morgan fingerprint density at radius 1 is 1.06 bits per heavy atom. The maximum absolute atomic E-state index is 6.08. The molecule has 2 N–H and O–H groups in total. The van der Waals surface area contributed by atoms with Crippen molar-refractivity contribution in [2.75, 3.05) is 5.73 Å². The van der Waals surface area contributed by atoms with Gasteiger partial charge in [-0.25, -0.2) is 4.98 Å². The van der Waals surface area contributed by atoms with Crippen LogP contribution in [0.4, 0.5) is 5.69 Å². The Hall–Kier alpha value is -0.610. The minimum Gasteiger partial charge on any atom is -0.399 e. The summed E-state index contributed by atoms with van der Waals surface area (Å²) in [6.45, 7) is 0. The molecule has 0 saturated heterocycles. The van der Waals surface area contributed by atoms with Gasteiger partial charge in [-0.15, -0.1) is 11.8 Å². The number of nitrogens with two attached hydrogens (primary N) is 1. The molecule has 0 fully saturated rings. The van der Waals surface area contributed by atoms with Crippen LogP contribution in [0.1, 0.15) is 5.69 Å². The Labute approximate surface area is 124 Å². The van der Waals surface area contributed by atoms with Gasteiger partial charge in [0.25, 0.3) is 0 Å². The molecule has 0 saturated carbocycles. The van der Waals surface area contributed by atoms with Crippen molar-refractivity contribution in [1.29, 1.82) is 0 Å². The maximum atomic E-state index is 6.08. The van der Waals surface area contributed by atoms with Crippen LogP contribution in [0.5, 0.6) is 0 Å². The van der Waals surface area contributed by atoms with Crippen LogP contribution in [-0.2, 0) is 5.75 Å². The summed E-state index contributed by atoms with van der Waals surface area (Å²) in [7, 11) is 0. The van der Waals surface area contributed by atoms with Crippen LogP contribution >= 0.6 is 46.6 Å². The van der Waals surface area contributed by atoms with Gasteiger partial charge in [-0.1, -0.05) is 34.8 Å². The summed E-state index contributed by atoms with van der Waals surface area (Å²) in [5.74, 6) is 0.586. The highest BCUT2D eigenvalue weighted by molar-refractivity contribution is 7.98.